The van der Waals surface area contributed by atoms with Crippen molar-refractivity contribution in [1.29, 1.82) is 0 Å². The van der Waals surface area contributed by atoms with E-state index < -0.39 is 22.8 Å². The maximum atomic E-state index is 13.7. The van der Waals surface area contributed by atoms with E-state index in [9.17, 15) is 14.9 Å². The summed E-state index contributed by atoms with van der Waals surface area (Å²) >= 11 is 0. The minimum Gasteiger partial charge on any atom is -0.481 e. The lowest BCUT2D eigenvalue weighted by atomic mass is 9.81. The summed E-state index contributed by atoms with van der Waals surface area (Å²) in [4.78, 5) is 36.5. The zero-order valence-electron chi connectivity index (χ0n) is 21.7. The number of esters is 1. The van der Waals surface area contributed by atoms with Crippen LogP contribution < -0.4 is 14.2 Å². The standard InChI is InChI=1S/C26H29N3O10/c1-33-21-18-22(34-2)28-25(27-21)39-23(24(30)37-16-14-36-15-17-38-29(31)32)26(35-3,19-10-6-4-7-11-19)20-12-8-5-9-13-20/h4-13,18,23H,14-17H2,1-3H3/t23-/m1/s1. The molecule has 0 N–H and O–H groups in total. The minimum absolute atomic E-state index is 0.0420. The fourth-order valence-electron chi connectivity index (χ4n) is 3.78. The third-order valence-electron chi connectivity index (χ3n) is 5.51. The lowest BCUT2D eigenvalue weighted by Gasteiger charge is -2.38. The Hall–Kier alpha value is -4.49. The zero-order chi connectivity index (χ0) is 28.1. The second kappa shape index (κ2) is 14.4. The van der Waals surface area contributed by atoms with Crippen LogP contribution >= 0.6 is 0 Å². The molecule has 39 heavy (non-hydrogen) atoms. The fourth-order valence-corrected chi connectivity index (χ4v) is 3.78. The molecule has 13 nitrogen and oxygen atoms in total. The zero-order valence-corrected chi connectivity index (χ0v) is 21.7. The first-order valence-corrected chi connectivity index (χ1v) is 11.8. The summed E-state index contributed by atoms with van der Waals surface area (Å²) in [6.07, 6.45) is -1.46. The van der Waals surface area contributed by atoms with Gasteiger partial charge in [0.25, 0.3) is 5.09 Å². The Morgan fingerprint density at radius 1 is 0.872 bits per heavy atom. The van der Waals surface area contributed by atoms with Gasteiger partial charge >= 0.3 is 12.0 Å². The van der Waals surface area contributed by atoms with Gasteiger partial charge in [-0.05, 0) is 11.1 Å². The van der Waals surface area contributed by atoms with Gasteiger partial charge in [-0.15, -0.1) is 10.1 Å². The van der Waals surface area contributed by atoms with Crippen molar-refractivity contribution in [1.82, 2.24) is 9.97 Å². The van der Waals surface area contributed by atoms with Gasteiger partial charge in [0.05, 0.1) is 33.5 Å². The summed E-state index contributed by atoms with van der Waals surface area (Å²) in [5.41, 5.74) is -0.299. The molecule has 0 spiro atoms. The van der Waals surface area contributed by atoms with Crippen molar-refractivity contribution >= 4 is 5.97 Å². The van der Waals surface area contributed by atoms with Gasteiger partial charge in [0, 0.05) is 7.11 Å². The largest absolute Gasteiger partial charge is 0.481 e. The number of aromatic nitrogens is 2. The Bertz CT molecular complexity index is 1140. The second-order valence-corrected chi connectivity index (χ2v) is 7.74. The molecule has 0 aliphatic carbocycles. The number of nitrogens with zero attached hydrogens (tertiary/aromatic N) is 3. The van der Waals surface area contributed by atoms with E-state index in [1.54, 1.807) is 48.5 Å². The molecule has 13 heteroatoms. The predicted molar refractivity (Wildman–Crippen MR) is 135 cm³/mol. The maximum absolute atomic E-state index is 13.7. The molecule has 1 atom stereocenters. The molecule has 0 aliphatic heterocycles. The lowest BCUT2D eigenvalue weighted by molar-refractivity contribution is -0.758. The monoisotopic (exact) mass is 543 g/mol. The van der Waals surface area contributed by atoms with Gasteiger partial charge in [0.15, 0.2) is 5.60 Å². The van der Waals surface area contributed by atoms with Crippen molar-refractivity contribution < 1.29 is 43.1 Å². The summed E-state index contributed by atoms with van der Waals surface area (Å²) in [5, 5.41) is 9.33. The summed E-state index contributed by atoms with van der Waals surface area (Å²) in [6, 6.07) is 19.3. The van der Waals surface area contributed by atoms with Crippen LogP contribution in [0, 0.1) is 10.1 Å². The molecule has 0 radical (unpaired) electrons. The minimum atomic E-state index is -1.50. The molecule has 1 heterocycles. The number of hydrogen-bond acceptors (Lipinski definition) is 12. The molecule has 0 aliphatic rings. The molecule has 208 valence electrons. The Balaban J connectivity index is 1.98. The molecule has 0 fully saturated rings. The van der Waals surface area contributed by atoms with E-state index in [4.69, 9.17) is 28.4 Å². The molecule has 3 rings (SSSR count). The van der Waals surface area contributed by atoms with Gasteiger partial charge in [-0.1, -0.05) is 60.7 Å². The van der Waals surface area contributed by atoms with E-state index in [1.165, 1.54) is 27.4 Å². The Morgan fingerprint density at radius 2 is 1.41 bits per heavy atom. The SMILES string of the molecule is COc1cc(OC)nc(O[C@H](C(=O)OCCOCCO[N+](=O)[O-])C(OC)(c2ccccc2)c2ccccc2)n1. The van der Waals surface area contributed by atoms with Crippen LogP contribution in [0.1, 0.15) is 11.1 Å². The third-order valence-corrected chi connectivity index (χ3v) is 5.51. The van der Waals surface area contributed by atoms with Gasteiger partial charge in [0.2, 0.25) is 17.9 Å². The quantitative estimate of drug-likeness (QED) is 0.113. The first-order valence-electron chi connectivity index (χ1n) is 11.8. The van der Waals surface area contributed by atoms with E-state index in [-0.39, 0.29) is 44.2 Å². The number of rotatable bonds is 16. The Morgan fingerprint density at radius 3 is 1.90 bits per heavy atom. The molecule has 0 amide bonds. The molecule has 0 saturated heterocycles. The molecular formula is C26H29N3O10. The normalized spacial score (nSPS) is 11.8. The number of methoxy groups -OCH3 is 3. The average molecular weight is 544 g/mol. The topological polar surface area (TPSA) is 151 Å². The van der Waals surface area contributed by atoms with Crippen molar-refractivity contribution in [2.24, 2.45) is 0 Å². The molecule has 0 unspecified atom stereocenters. The summed E-state index contributed by atoms with van der Waals surface area (Å²) < 4.78 is 33.4. The fraction of sp³-hybridized carbons (Fsp3) is 0.346. The van der Waals surface area contributed by atoms with Crippen molar-refractivity contribution in [3.8, 4) is 17.8 Å². The predicted octanol–water partition coefficient (Wildman–Crippen LogP) is 2.60. The van der Waals surface area contributed by atoms with Crippen LogP contribution in [0.3, 0.4) is 0 Å². The van der Waals surface area contributed by atoms with E-state index >= 15 is 0 Å². The van der Waals surface area contributed by atoms with E-state index in [0.717, 1.165) is 0 Å². The highest BCUT2D eigenvalue weighted by atomic mass is 17.0. The molecule has 0 bridgehead atoms. The van der Waals surface area contributed by atoms with Crippen molar-refractivity contribution in [2.45, 2.75) is 11.7 Å². The second-order valence-electron chi connectivity index (χ2n) is 7.74. The highest BCUT2D eigenvalue weighted by molar-refractivity contribution is 5.78. The number of benzene rings is 2. The lowest BCUT2D eigenvalue weighted by Crippen LogP contribution is -2.51. The van der Waals surface area contributed by atoms with Crippen LogP contribution in [0.25, 0.3) is 0 Å². The molecule has 2 aromatic carbocycles. The van der Waals surface area contributed by atoms with Gasteiger partial charge in [-0.3, -0.25) is 0 Å². The number of carbonyl (C=O) groups excluding carboxylic acids is 1. The van der Waals surface area contributed by atoms with Crippen molar-refractivity contribution in [2.75, 3.05) is 47.8 Å². The summed E-state index contributed by atoms with van der Waals surface area (Å²) in [5.74, 6) is -0.506. The first kappa shape index (κ1) is 29.1. The van der Waals surface area contributed by atoms with Crippen molar-refractivity contribution in [3.63, 3.8) is 0 Å². The number of hydrogen-bond donors (Lipinski definition) is 0. The van der Waals surface area contributed by atoms with E-state index in [1.807, 2.05) is 12.1 Å². The maximum Gasteiger partial charge on any atom is 0.351 e. The van der Waals surface area contributed by atoms with Gasteiger partial charge < -0.3 is 33.3 Å². The number of ether oxygens (including phenoxy) is 6. The van der Waals surface area contributed by atoms with Crippen LogP contribution in [0.2, 0.25) is 0 Å². The molecule has 1 aromatic heterocycles. The van der Waals surface area contributed by atoms with Crippen LogP contribution in [-0.2, 0) is 29.4 Å². The van der Waals surface area contributed by atoms with Gasteiger partial charge in [-0.2, -0.15) is 9.97 Å². The summed E-state index contributed by atoms with van der Waals surface area (Å²) in [7, 11) is 4.29. The Labute approximate surface area is 224 Å². The molecule has 3 aromatic rings. The van der Waals surface area contributed by atoms with Crippen molar-refractivity contribution in [3.05, 3.63) is 88.0 Å². The smallest absolute Gasteiger partial charge is 0.351 e. The van der Waals surface area contributed by atoms with Crippen LogP contribution in [0.4, 0.5) is 0 Å². The highest BCUT2D eigenvalue weighted by Crippen LogP contribution is 2.39. The van der Waals surface area contributed by atoms with Crippen LogP contribution in [-0.4, -0.2) is 74.9 Å². The third kappa shape index (κ3) is 7.52. The summed E-state index contributed by atoms with van der Waals surface area (Å²) in [6.45, 7) is -0.537. The van der Waals surface area contributed by atoms with Gasteiger partial charge in [-0.25, -0.2) is 4.79 Å². The molecular weight excluding hydrogens is 514 g/mol. The first-order chi connectivity index (χ1) is 18.9. The molecule has 0 saturated carbocycles. The Kier molecular flexibility index (Phi) is 10.8. The van der Waals surface area contributed by atoms with E-state index in [2.05, 4.69) is 14.8 Å². The van der Waals surface area contributed by atoms with E-state index in [0.29, 0.717) is 11.1 Å². The number of carbonyl (C=O) groups is 1. The van der Waals surface area contributed by atoms with Gasteiger partial charge in [0.1, 0.15) is 13.2 Å². The van der Waals surface area contributed by atoms with Crippen LogP contribution in [0.5, 0.6) is 17.8 Å². The average Bonchev–Trinajstić information content (AvgIpc) is 2.97. The highest BCUT2D eigenvalue weighted by Gasteiger charge is 2.50. The van der Waals surface area contributed by atoms with Crippen LogP contribution in [0.15, 0.2) is 66.7 Å².